The van der Waals surface area contributed by atoms with E-state index in [-0.39, 0.29) is 26.9 Å². The quantitative estimate of drug-likeness (QED) is 0.606. The van der Waals surface area contributed by atoms with Crippen molar-refractivity contribution in [1.82, 2.24) is 5.27 Å². The number of rotatable bonds is 1. The molecule has 1 aromatic heterocycles. The predicted molar refractivity (Wildman–Crippen MR) is 61.1 cm³/mol. The molecule has 96 valence electrons. The number of nitrogens with zero attached hydrogens (tertiary/aromatic N) is 4. The molecule has 0 aliphatic carbocycles. The fourth-order valence-electron chi connectivity index (χ4n) is 1.80. The first kappa shape index (κ1) is 12.8. The van der Waals surface area contributed by atoms with Crippen molar-refractivity contribution in [2.45, 2.75) is 5.92 Å². The summed E-state index contributed by atoms with van der Waals surface area (Å²) in [6.45, 7) is 0. The topological polar surface area (TPSA) is 153 Å². The van der Waals surface area contributed by atoms with Crippen LogP contribution in [0.4, 0.5) is 0 Å². The van der Waals surface area contributed by atoms with E-state index in [1.807, 2.05) is 12.1 Å². The molecule has 0 saturated heterocycles. The van der Waals surface area contributed by atoms with E-state index in [4.69, 9.17) is 11.5 Å². The Kier molecular flexibility index (Phi) is 3.07. The SMILES string of the molecule is C[n+]1noc([O-])c1C1C(C#N)=C(N)SC(N)=C1C#N. The van der Waals surface area contributed by atoms with Gasteiger partial charge in [0, 0.05) is 0 Å². The average Bonchev–Trinajstić information content (AvgIpc) is 2.68. The normalized spacial score (nSPS) is 16.4. The van der Waals surface area contributed by atoms with Gasteiger partial charge in [-0.15, -0.1) is 0 Å². The molecule has 1 aliphatic heterocycles. The number of aromatic nitrogens is 2. The van der Waals surface area contributed by atoms with Crippen molar-refractivity contribution >= 4 is 11.8 Å². The summed E-state index contributed by atoms with van der Waals surface area (Å²) < 4.78 is 5.67. The molecule has 0 bridgehead atoms. The van der Waals surface area contributed by atoms with E-state index in [9.17, 15) is 15.6 Å². The Bertz CT molecular complexity index is 634. The Hall–Kier alpha value is -2.65. The van der Waals surface area contributed by atoms with Gasteiger partial charge in [0.1, 0.15) is 5.92 Å². The summed E-state index contributed by atoms with van der Waals surface area (Å²) in [5.41, 5.74) is 11.7. The highest BCUT2D eigenvalue weighted by molar-refractivity contribution is 8.06. The Labute approximate surface area is 112 Å². The van der Waals surface area contributed by atoms with Crippen molar-refractivity contribution in [3.05, 3.63) is 26.9 Å². The summed E-state index contributed by atoms with van der Waals surface area (Å²) >= 11 is 0.927. The second-order valence-electron chi connectivity index (χ2n) is 3.68. The number of aryl methyl sites for hydroxylation is 1. The van der Waals surface area contributed by atoms with Gasteiger partial charge in [-0.3, -0.25) is 0 Å². The van der Waals surface area contributed by atoms with Gasteiger partial charge >= 0.3 is 0 Å². The van der Waals surface area contributed by atoms with E-state index in [1.165, 1.54) is 7.05 Å². The maximum absolute atomic E-state index is 11.7. The molecule has 0 atom stereocenters. The van der Waals surface area contributed by atoms with Crippen LogP contribution in [0.3, 0.4) is 0 Å². The van der Waals surface area contributed by atoms with E-state index in [0.29, 0.717) is 0 Å². The van der Waals surface area contributed by atoms with Crippen LogP contribution in [0.1, 0.15) is 11.6 Å². The van der Waals surface area contributed by atoms with Crippen LogP contribution in [0, 0.1) is 22.7 Å². The van der Waals surface area contributed by atoms with Crippen LogP contribution in [-0.4, -0.2) is 5.27 Å². The molecule has 1 aliphatic rings. The van der Waals surface area contributed by atoms with E-state index in [0.717, 1.165) is 16.4 Å². The predicted octanol–water partition coefficient (Wildman–Crippen LogP) is -1.21. The molecular formula is C10H8N6O2S. The molecule has 0 spiro atoms. The Morgan fingerprint density at radius 1 is 1.32 bits per heavy atom. The standard InChI is InChI=1S/C10H8N6O2S/c1-16-7(10(17)18-15-16)6-4(2-11)8(13)19-9(14)5(6)3-12/h6H,13-14H2,1H3. The number of allylic oxidation sites excluding steroid dienone is 2. The molecule has 2 heterocycles. The van der Waals surface area contributed by atoms with Gasteiger partial charge in [-0.25, -0.2) is 0 Å². The molecule has 0 radical (unpaired) electrons. The first-order valence-corrected chi connectivity index (χ1v) is 5.83. The maximum Gasteiger partial charge on any atom is 0.246 e. The van der Waals surface area contributed by atoms with Crippen molar-refractivity contribution in [3.63, 3.8) is 0 Å². The second kappa shape index (κ2) is 4.55. The van der Waals surface area contributed by atoms with E-state index in [1.54, 1.807) is 0 Å². The zero-order valence-electron chi connectivity index (χ0n) is 9.75. The Balaban J connectivity index is 2.72. The minimum absolute atomic E-state index is 0.0410. The minimum Gasteiger partial charge on any atom is -0.539 e. The summed E-state index contributed by atoms with van der Waals surface area (Å²) in [6.07, 6.45) is 0. The fourth-order valence-corrected chi connectivity index (χ4v) is 2.58. The summed E-state index contributed by atoms with van der Waals surface area (Å²) in [4.78, 5) is 0. The van der Waals surface area contributed by atoms with Crippen LogP contribution < -0.4 is 21.3 Å². The molecule has 9 heteroatoms. The third kappa shape index (κ3) is 1.86. The average molecular weight is 276 g/mol. The smallest absolute Gasteiger partial charge is 0.246 e. The summed E-state index contributed by atoms with van der Waals surface area (Å²) in [5, 5.41) is 33.8. The van der Waals surface area contributed by atoms with Crippen LogP contribution in [-0.2, 0) is 7.05 Å². The summed E-state index contributed by atoms with van der Waals surface area (Å²) in [6, 6.07) is 3.81. The van der Waals surface area contributed by atoms with Crippen LogP contribution in [0.2, 0.25) is 0 Å². The van der Waals surface area contributed by atoms with Gasteiger partial charge in [0.25, 0.3) is 0 Å². The third-order valence-electron chi connectivity index (χ3n) is 2.65. The summed E-state index contributed by atoms with van der Waals surface area (Å²) in [5.74, 6) is -1.68. The second-order valence-corrected chi connectivity index (χ2v) is 4.77. The fraction of sp³-hybridized carbons (Fsp3) is 0.200. The highest BCUT2D eigenvalue weighted by Gasteiger charge is 2.38. The number of hydrogen-bond acceptors (Lipinski definition) is 8. The number of nitrogens with two attached hydrogens (primary N) is 2. The largest absolute Gasteiger partial charge is 0.539 e. The first-order chi connectivity index (χ1) is 9.01. The molecule has 4 N–H and O–H groups in total. The molecule has 2 rings (SSSR count). The van der Waals surface area contributed by atoms with Crippen LogP contribution in [0.5, 0.6) is 5.95 Å². The highest BCUT2D eigenvalue weighted by Crippen LogP contribution is 2.43. The molecule has 0 saturated carbocycles. The van der Waals surface area contributed by atoms with Gasteiger partial charge in [-0.2, -0.15) is 10.5 Å². The van der Waals surface area contributed by atoms with Gasteiger partial charge < -0.3 is 21.1 Å². The van der Waals surface area contributed by atoms with Crippen molar-refractivity contribution in [1.29, 1.82) is 10.5 Å². The first-order valence-electron chi connectivity index (χ1n) is 5.01. The zero-order chi connectivity index (χ0) is 14.2. The minimum atomic E-state index is -0.944. The van der Waals surface area contributed by atoms with Gasteiger partial charge in [0.2, 0.25) is 5.69 Å². The number of hydrogen-bond donors (Lipinski definition) is 2. The lowest BCUT2D eigenvalue weighted by atomic mass is 9.89. The third-order valence-corrected chi connectivity index (χ3v) is 3.53. The lowest BCUT2D eigenvalue weighted by Crippen LogP contribution is -2.37. The van der Waals surface area contributed by atoms with E-state index < -0.39 is 11.9 Å². The van der Waals surface area contributed by atoms with E-state index in [2.05, 4.69) is 9.79 Å². The van der Waals surface area contributed by atoms with Gasteiger partial charge in [0.05, 0.1) is 38.6 Å². The monoisotopic (exact) mass is 276 g/mol. The van der Waals surface area contributed by atoms with Gasteiger partial charge in [0.15, 0.2) is 13.0 Å². The highest BCUT2D eigenvalue weighted by atomic mass is 32.2. The zero-order valence-corrected chi connectivity index (χ0v) is 10.6. The Morgan fingerprint density at radius 2 is 1.84 bits per heavy atom. The van der Waals surface area contributed by atoms with Crippen molar-refractivity contribution in [2.75, 3.05) is 0 Å². The molecule has 19 heavy (non-hydrogen) atoms. The molecule has 0 unspecified atom stereocenters. The molecular weight excluding hydrogens is 268 g/mol. The lowest BCUT2D eigenvalue weighted by Gasteiger charge is -2.20. The van der Waals surface area contributed by atoms with Crippen molar-refractivity contribution in [3.8, 4) is 18.1 Å². The van der Waals surface area contributed by atoms with Crippen molar-refractivity contribution in [2.24, 2.45) is 18.5 Å². The van der Waals surface area contributed by atoms with Crippen LogP contribution in [0.15, 0.2) is 25.7 Å². The van der Waals surface area contributed by atoms with Crippen LogP contribution in [0.25, 0.3) is 0 Å². The number of thioether (sulfide) groups is 1. The van der Waals surface area contributed by atoms with Gasteiger partial charge in [-0.1, -0.05) is 16.4 Å². The maximum atomic E-state index is 11.7. The van der Waals surface area contributed by atoms with Gasteiger partial charge in [-0.05, 0) is 0 Å². The van der Waals surface area contributed by atoms with E-state index >= 15 is 0 Å². The molecule has 1 aromatic rings. The van der Waals surface area contributed by atoms with Crippen LogP contribution >= 0.6 is 11.8 Å². The Morgan fingerprint density at radius 3 is 2.21 bits per heavy atom. The summed E-state index contributed by atoms with van der Waals surface area (Å²) in [7, 11) is 1.47. The molecule has 0 amide bonds. The molecule has 0 fully saturated rings. The molecule has 8 nitrogen and oxygen atoms in total. The number of nitriles is 2. The molecule has 0 aromatic carbocycles. The van der Waals surface area contributed by atoms with Crippen molar-refractivity contribution < 1.29 is 14.3 Å². The lowest BCUT2D eigenvalue weighted by molar-refractivity contribution is -0.746.